The fraction of sp³-hybridized carbons (Fsp3) is 0.350. The average Bonchev–Trinajstić information content (AvgIpc) is 3.39. The Morgan fingerprint density at radius 1 is 1.19 bits per heavy atom. The zero-order valence-electron chi connectivity index (χ0n) is 17.5. The number of benzene rings is 1. The van der Waals surface area contributed by atoms with E-state index in [1.807, 2.05) is 24.3 Å². The number of nitrogens with one attached hydrogen (secondary N) is 2. The first-order valence-electron chi connectivity index (χ1n) is 9.62. The molecule has 9 nitrogen and oxygen atoms in total. The van der Waals surface area contributed by atoms with Crippen LogP contribution in [-0.4, -0.2) is 43.9 Å². The van der Waals surface area contributed by atoms with Crippen LogP contribution < -0.4 is 15.4 Å². The molecule has 2 heterocycles. The van der Waals surface area contributed by atoms with Gasteiger partial charge in [-0.05, 0) is 23.6 Å². The van der Waals surface area contributed by atoms with E-state index in [0.717, 1.165) is 0 Å². The Morgan fingerprint density at radius 3 is 2.65 bits per heavy atom. The molecule has 0 unspecified atom stereocenters. The fourth-order valence-corrected chi connectivity index (χ4v) is 3.80. The molecule has 0 aliphatic heterocycles. The summed E-state index contributed by atoms with van der Waals surface area (Å²) >= 11 is 2.62. The molecule has 31 heavy (non-hydrogen) atoms. The van der Waals surface area contributed by atoms with Gasteiger partial charge in [-0.15, -0.1) is 21.5 Å². The van der Waals surface area contributed by atoms with Crippen molar-refractivity contribution in [2.45, 2.75) is 31.5 Å². The molecule has 0 fully saturated rings. The van der Waals surface area contributed by atoms with Gasteiger partial charge in [0.05, 0.1) is 12.3 Å². The van der Waals surface area contributed by atoms with E-state index in [1.54, 1.807) is 23.2 Å². The van der Waals surface area contributed by atoms with Crippen LogP contribution in [0.3, 0.4) is 0 Å². The Labute approximate surface area is 188 Å². The Balaban J connectivity index is 1.41. The number of nitrogens with zero attached hydrogens (tertiary/aromatic N) is 4. The number of hydrogen-bond donors (Lipinski definition) is 2. The van der Waals surface area contributed by atoms with Gasteiger partial charge >= 0.3 is 0 Å². The molecule has 2 N–H and O–H groups in total. The van der Waals surface area contributed by atoms with E-state index >= 15 is 0 Å². The smallest absolute Gasteiger partial charge is 0.258 e. The molecule has 0 aliphatic rings. The number of thiazole rings is 1. The first-order valence-corrected chi connectivity index (χ1v) is 11.5. The van der Waals surface area contributed by atoms with Crippen LogP contribution in [0.4, 0.5) is 5.13 Å². The van der Waals surface area contributed by atoms with Crippen LogP contribution in [0.5, 0.6) is 5.75 Å². The summed E-state index contributed by atoms with van der Waals surface area (Å²) in [6.07, 6.45) is 1.63. The van der Waals surface area contributed by atoms with Gasteiger partial charge in [0.15, 0.2) is 22.7 Å². The molecule has 0 aliphatic carbocycles. The minimum atomic E-state index is -0.257. The van der Waals surface area contributed by atoms with Gasteiger partial charge in [-0.25, -0.2) is 4.98 Å². The lowest BCUT2D eigenvalue weighted by molar-refractivity contribution is -0.123. The van der Waals surface area contributed by atoms with Crippen LogP contribution in [0, 0.1) is 0 Å². The third kappa shape index (κ3) is 6.79. The summed E-state index contributed by atoms with van der Waals surface area (Å²) in [4.78, 5) is 28.1. The van der Waals surface area contributed by atoms with E-state index in [1.165, 1.54) is 28.7 Å². The Morgan fingerprint density at radius 2 is 1.97 bits per heavy atom. The molecule has 2 amide bonds. The van der Waals surface area contributed by atoms with Crippen LogP contribution in [0.25, 0.3) is 0 Å². The monoisotopic (exact) mass is 460 g/mol. The predicted octanol–water partition coefficient (Wildman–Crippen LogP) is 2.82. The molecule has 164 valence electrons. The lowest BCUT2D eigenvalue weighted by Crippen LogP contribution is -2.29. The maximum absolute atomic E-state index is 12.1. The molecule has 3 aromatic rings. The molecule has 0 saturated heterocycles. The number of ether oxygens (including phenoxy) is 1. The zero-order chi connectivity index (χ0) is 22.2. The number of aromatic nitrogens is 4. The number of hydrogen-bond acceptors (Lipinski definition) is 8. The molecule has 0 atom stereocenters. The van der Waals surface area contributed by atoms with Crippen molar-refractivity contribution in [3.63, 3.8) is 0 Å². The van der Waals surface area contributed by atoms with E-state index in [2.05, 4.69) is 39.7 Å². The van der Waals surface area contributed by atoms with Gasteiger partial charge in [-0.1, -0.05) is 37.7 Å². The molecular weight excluding hydrogens is 436 g/mol. The van der Waals surface area contributed by atoms with Gasteiger partial charge in [0, 0.05) is 18.6 Å². The van der Waals surface area contributed by atoms with Crippen molar-refractivity contribution in [2.75, 3.05) is 17.7 Å². The van der Waals surface area contributed by atoms with Gasteiger partial charge in [-0.3, -0.25) is 9.59 Å². The van der Waals surface area contributed by atoms with E-state index in [-0.39, 0.29) is 30.7 Å². The summed E-state index contributed by atoms with van der Waals surface area (Å²) in [7, 11) is 1.79. The first-order chi connectivity index (χ1) is 14.9. The Hall–Kier alpha value is -2.92. The van der Waals surface area contributed by atoms with Crippen molar-refractivity contribution in [1.82, 2.24) is 25.1 Å². The summed E-state index contributed by atoms with van der Waals surface area (Å²) < 4.78 is 7.27. The standard InChI is InChI=1S/C20H24N6O3S2/c1-13(2)14-4-6-15(7-5-14)29-11-17(27)22-10-16-24-25-20(26(16)3)31-12-18(28)23-19-21-8-9-30-19/h4-9,13H,10-12H2,1-3H3,(H,22,27)(H,21,23,28). The minimum Gasteiger partial charge on any atom is -0.484 e. The van der Waals surface area contributed by atoms with Crippen LogP contribution in [-0.2, 0) is 23.2 Å². The summed E-state index contributed by atoms with van der Waals surface area (Å²) in [5.74, 6) is 1.43. The minimum absolute atomic E-state index is 0.0859. The molecule has 1 aromatic carbocycles. The molecule has 11 heteroatoms. The van der Waals surface area contributed by atoms with Gasteiger partial charge in [0.2, 0.25) is 5.91 Å². The van der Waals surface area contributed by atoms with Crippen LogP contribution in [0.15, 0.2) is 41.0 Å². The maximum Gasteiger partial charge on any atom is 0.258 e. The number of anilines is 1. The molecule has 3 rings (SSSR count). The van der Waals surface area contributed by atoms with E-state index in [0.29, 0.717) is 27.8 Å². The number of carbonyl (C=O) groups excluding carboxylic acids is 2. The summed E-state index contributed by atoms with van der Waals surface area (Å²) in [5, 5.41) is 16.6. The lowest BCUT2D eigenvalue weighted by Gasteiger charge is -2.09. The van der Waals surface area contributed by atoms with Crippen molar-refractivity contribution < 1.29 is 14.3 Å². The highest BCUT2D eigenvalue weighted by molar-refractivity contribution is 7.99. The number of carbonyl (C=O) groups is 2. The first kappa shape index (κ1) is 22.8. The second kappa shape index (κ2) is 10.9. The zero-order valence-corrected chi connectivity index (χ0v) is 19.1. The number of rotatable bonds is 10. The van der Waals surface area contributed by atoms with Crippen LogP contribution in [0.2, 0.25) is 0 Å². The summed E-state index contributed by atoms with van der Waals surface area (Å²) in [6.45, 7) is 4.37. The highest BCUT2D eigenvalue weighted by Gasteiger charge is 2.13. The van der Waals surface area contributed by atoms with Gasteiger partial charge < -0.3 is 19.9 Å². The van der Waals surface area contributed by atoms with E-state index < -0.39 is 0 Å². The van der Waals surface area contributed by atoms with Crippen LogP contribution in [0.1, 0.15) is 31.2 Å². The highest BCUT2D eigenvalue weighted by Crippen LogP contribution is 2.19. The summed E-state index contributed by atoms with van der Waals surface area (Å²) in [5.41, 5.74) is 1.22. The molecule has 0 radical (unpaired) electrons. The molecule has 0 bridgehead atoms. The van der Waals surface area contributed by atoms with E-state index in [4.69, 9.17) is 4.74 Å². The normalized spacial score (nSPS) is 10.8. The summed E-state index contributed by atoms with van der Waals surface area (Å²) in [6, 6.07) is 7.71. The van der Waals surface area contributed by atoms with Gasteiger partial charge in [0.1, 0.15) is 5.75 Å². The SMILES string of the molecule is CC(C)c1ccc(OCC(=O)NCc2nnc(SCC(=O)Nc3nccs3)n2C)cc1. The third-order valence-corrected chi connectivity index (χ3v) is 6.01. The Kier molecular flexibility index (Phi) is 8.01. The largest absolute Gasteiger partial charge is 0.484 e. The lowest BCUT2D eigenvalue weighted by atomic mass is 10.0. The second-order valence-electron chi connectivity index (χ2n) is 6.92. The van der Waals surface area contributed by atoms with Crippen molar-refractivity contribution in [1.29, 1.82) is 0 Å². The van der Waals surface area contributed by atoms with Crippen LogP contribution >= 0.6 is 23.1 Å². The van der Waals surface area contributed by atoms with Crippen molar-refractivity contribution in [3.05, 3.63) is 47.2 Å². The molecule has 0 spiro atoms. The maximum atomic E-state index is 12.1. The van der Waals surface area contributed by atoms with Crippen molar-refractivity contribution in [3.8, 4) is 5.75 Å². The van der Waals surface area contributed by atoms with Crippen molar-refractivity contribution in [2.24, 2.45) is 7.05 Å². The van der Waals surface area contributed by atoms with E-state index in [9.17, 15) is 9.59 Å². The highest BCUT2D eigenvalue weighted by atomic mass is 32.2. The topological polar surface area (TPSA) is 111 Å². The molecular formula is C20H24N6O3S2. The third-order valence-electron chi connectivity index (χ3n) is 4.30. The van der Waals surface area contributed by atoms with Gasteiger partial charge in [-0.2, -0.15) is 0 Å². The predicted molar refractivity (Wildman–Crippen MR) is 120 cm³/mol. The van der Waals surface area contributed by atoms with Gasteiger partial charge in [0.25, 0.3) is 5.91 Å². The average molecular weight is 461 g/mol. The molecule has 0 saturated carbocycles. The molecule has 2 aromatic heterocycles. The second-order valence-corrected chi connectivity index (χ2v) is 8.76. The van der Waals surface area contributed by atoms with Crippen molar-refractivity contribution >= 4 is 40.0 Å². The Bertz CT molecular complexity index is 1000. The number of amides is 2. The fourth-order valence-electron chi connectivity index (χ4n) is 2.52. The quantitative estimate of drug-likeness (QED) is 0.448. The number of thioether (sulfide) groups is 1.